The fourth-order valence-electron chi connectivity index (χ4n) is 1.69. The topological polar surface area (TPSA) is 40.5 Å². The molecule has 0 amide bonds. The van der Waals surface area contributed by atoms with Crippen molar-refractivity contribution < 1.29 is 9.90 Å². The molecule has 0 radical (unpaired) electrons. The van der Waals surface area contributed by atoms with Crippen LogP contribution in [0.1, 0.15) is 20.3 Å². The number of thioether (sulfide) groups is 1. The minimum atomic E-state index is -0.753. The van der Waals surface area contributed by atoms with E-state index in [0.717, 1.165) is 5.69 Å². The Kier molecular flexibility index (Phi) is 5.35. The summed E-state index contributed by atoms with van der Waals surface area (Å²) in [5, 5.41) is 8.76. The fourth-order valence-corrected chi connectivity index (χ4v) is 2.14. The van der Waals surface area contributed by atoms with Gasteiger partial charge < -0.3 is 10.0 Å². The van der Waals surface area contributed by atoms with E-state index in [1.165, 1.54) is 4.90 Å². The average Bonchev–Trinajstić information content (AvgIpc) is 2.28. The van der Waals surface area contributed by atoms with Crippen LogP contribution < -0.4 is 4.90 Å². The lowest BCUT2D eigenvalue weighted by Gasteiger charge is -2.28. The maximum absolute atomic E-state index is 10.6. The number of anilines is 1. The zero-order chi connectivity index (χ0) is 12.8. The van der Waals surface area contributed by atoms with E-state index < -0.39 is 5.97 Å². The Hall–Kier alpha value is -1.16. The summed E-state index contributed by atoms with van der Waals surface area (Å²) >= 11 is 1.69. The molecule has 0 fully saturated rings. The van der Waals surface area contributed by atoms with Gasteiger partial charge in [-0.05, 0) is 38.3 Å². The fraction of sp³-hybridized carbons (Fsp3) is 0.462. The maximum Gasteiger partial charge on any atom is 0.305 e. The van der Waals surface area contributed by atoms with Gasteiger partial charge in [0.15, 0.2) is 0 Å². The van der Waals surface area contributed by atoms with E-state index in [2.05, 4.69) is 30.9 Å². The van der Waals surface area contributed by atoms with Crippen molar-refractivity contribution >= 4 is 23.4 Å². The molecule has 3 nitrogen and oxygen atoms in total. The highest BCUT2D eigenvalue weighted by molar-refractivity contribution is 7.98. The predicted octanol–water partition coefficient (Wildman–Crippen LogP) is 3.10. The molecule has 0 heterocycles. The molecule has 17 heavy (non-hydrogen) atoms. The Labute approximate surface area is 107 Å². The molecule has 1 aromatic carbocycles. The molecule has 94 valence electrons. The van der Waals surface area contributed by atoms with Crippen LogP contribution in [-0.4, -0.2) is 29.9 Å². The van der Waals surface area contributed by atoms with Crippen LogP contribution in [0.25, 0.3) is 0 Å². The number of carboxylic acid groups (broad SMARTS) is 1. The molecule has 0 unspecified atom stereocenters. The standard InChI is InChI=1S/C13H19NO2S/c1-10(2)14(8-7-13(15)16)11-5-4-6-12(9-11)17-3/h4-6,9-10H,7-8H2,1-3H3,(H,15,16). The van der Waals surface area contributed by atoms with Gasteiger partial charge in [0.25, 0.3) is 0 Å². The molecule has 0 aliphatic heterocycles. The van der Waals surface area contributed by atoms with Gasteiger partial charge in [0.05, 0.1) is 6.42 Å². The van der Waals surface area contributed by atoms with E-state index in [9.17, 15) is 4.79 Å². The third kappa shape index (κ3) is 4.30. The van der Waals surface area contributed by atoms with Gasteiger partial charge in [0.2, 0.25) is 0 Å². The van der Waals surface area contributed by atoms with E-state index >= 15 is 0 Å². The van der Waals surface area contributed by atoms with E-state index in [4.69, 9.17) is 5.11 Å². The summed E-state index contributed by atoms with van der Waals surface area (Å²) in [5.41, 5.74) is 1.09. The normalized spacial score (nSPS) is 10.6. The first-order valence-electron chi connectivity index (χ1n) is 5.67. The highest BCUT2D eigenvalue weighted by atomic mass is 32.2. The van der Waals surface area contributed by atoms with Crippen LogP contribution in [0, 0.1) is 0 Å². The summed E-state index contributed by atoms with van der Waals surface area (Å²) in [4.78, 5) is 14.0. The molecule has 1 N–H and O–H groups in total. The van der Waals surface area contributed by atoms with Crippen molar-refractivity contribution in [1.82, 2.24) is 0 Å². The number of carbonyl (C=O) groups is 1. The van der Waals surface area contributed by atoms with Crippen LogP contribution >= 0.6 is 11.8 Å². The number of aliphatic carboxylic acids is 1. The first-order valence-corrected chi connectivity index (χ1v) is 6.89. The smallest absolute Gasteiger partial charge is 0.305 e. The van der Waals surface area contributed by atoms with Crippen molar-refractivity contribution in [1.29, 1.82) is 0 Å². The molecule has 0 spiro atoms. The van der Waals surface area contributed by atoms with Crippen LogP contribution in [0.15, 0.2) is 29.2 Å². The van der Waals surface area contributed by atoms with Gasteiger partial charge in [-0.3, -0.25) is 4.79 Å². The van der Waals surface area contributed by atoms with Crippen LogP contribution in [-0.2, 0) is 4.79 Å². The van der Waals surface area contributed by atoms with Gasteiger partial charge in [-0.1, -0.05) is 6.07 Å². The number of carboxylic acids is 1. The summed E-state index contributed by atoms with van der Waals surface area (Å²) < 4.78 is 0. The van der Waals surface area contributed by atoms with E-state index in [0.29, 0.717) is 12.6 Å². The molecule has 0 aliphatic carbocycles. The SMILES string of the molecule is CSc1cccc(N(CCC(=O)O)C(C)C)c1. The minimum Gasteiger partial charge on any atom is -0.481 e. The van der Waals surface area contributed by atoms with Crippen molar-refractivity contribution in [3.05, 3.63) is 24.3 Å². The zero-order valence-corrected chi connectivity index (χ0v) is 11.3. The summed E-state index contributed by atoms with van der Waals surface area (Å²) in [7, 11) is 0. The van der Waals surface area contributed by atoms with Crippen molar-refractivity contribution in [2.24, 2.45) is 0 Å². The molecule has 0 saturated heterocycles. The summed E-state index contributed by atoms with van der Waals surface area (Å²) in [6.45, 7) is 4.70. The maximum atomic E-state index is 10.6. The largest absolute Gasteiger partial charge is 0.481 e. The summed E-state index contributed by atoms with van der Waals surface area (Å²) in [5.74, 6) is -0.753. The van der Waals surface area contributed by atoms with E-state index in [-0.39, 0.29) is 6.42 Å². The second kappa shape index (κ2) is 6.55. The summed E-state index contributed by atoms with van der Waals surface area (Å²) in [6, 6.07) is 8.50. The van der Waals surface area contributed by atoms with Crippen molar-refractivity contribution in [3.8, 4) is 0 Å². The number of benzene rings is 1. The minimum absolute atomic E-state index is 0.168. The number of nitrogens with zero attached hydrogens (tertiary/aromatic N) is 1. The Bertz CT molecular complexity index is 379. The molecule has 0 bridgehead atoms. The van der Waals surface area contributed by atoms with Crippen LogP contribution in [0.4, 0.5) is 5.69 Å². The molecular weight excluding hydrogens is 234 g/mol. The van der Waals surface area contributed by atoms with Gasteiger partial charge in [-0.15, -0.1) is 11.8 Å². The summed E-state index contributed by atoms with van der Waals surface area (Å²) in [6.07, 6.45) is 2.21. The molecule has 0 atom stereocenters. The number of rotatable bonds is 6. The lowest BCUT2D eigenvalue weighted by Crippen LogP contribution is -2.32. The Morgan fingerprint density at radius 2 is 2.18 bits per heavy atom. The third-order valence-corrected chi connectivity index (χ3v) is 3.30. The van der Waals surface area contributed by atoms with Gasteiger partial charge >= 0.3 is 5.97 Å². The first kappa shape index (κ1) is 13.9. The molecule has 1 rings (SSSR count). The highest BCUT2D eigenvalue weighted by Gasteiger charge is 2.12. The van der Waals surface area contributed by atoms with Gasteiger partial charge in [-0.25, -0.2) is 0 Å². The number of hydrogen-bond donors (Lipinski definition) is 1. The Balaban J connectivity index is 2.84. The van der Waals surface area contributed by atoms with E-state index in [1.807, 2.05) is 18.4 Å². The van der Waals surface area contributed by atoms with Gasteiger partial charge in [-0.2, -0.15) is 0 Å². The van der Waals surface area contributed by atoms with Crippen LogP contribution in [0.3, 0.4) is 0 Å². The van der Waals surface area contributed by atoms with E-state index in [1.54, 1.807) is 11.8 Å². The highest BCUT2D eigenvalue weighted by Crippen LogP contribution is 2.23. The van der Waals surface area contributed by atoms with Gasteiger partial charge in [0, 0.05) is 23.2 Å². The van der Waals surface area contributed by atoms with Gasteiger partial charge in [0.1, 0.15) is 0 Å². The van der Waals surface area contributed by atoms with Crippen molar-refractivity contribution in [2.45, 2.75) is 31.2 Å². The second-order valence-electron chi connectivity index (χ2n) is 4.13. The van der Waals surface area contributed by atoms with Crippen LogP contribution in [0.5, 0.6) is 0 Å². The van der Waals surface area contributed by atoms with Crippen LogP contribution in [0.2, 0.25) is 0 Å². The Morgan fingerprint density at radius 1 is 1.47 bits per heavy atom. The van der Waals surface area contributed by atoms with Crippen molar-refractivity contribution in [3.63, 3.8) is 0 Å². The molecular formula is C13H19NO2S. The predicted molar refractivity (Wildman–Crippen MR) is 73.0 cm³/mol. The molecule has 4 heteroatoms. The zero-order valence-electron chi connectivity index (χ0n) is 10.5. The third-order valence-electron chi connectivity index (χ3n) is 2.57. The second-order valence-corrected chi connectivity index (χ2v) is 5.01. The number of hydrogen-bond acceptors (Lipinski definition) is 3. The average molecular weight is 253 g/mol. The lowest BCUT2D eigenvalue weighted by molar-refractivity contribution is -0.136. The monoisotopic (exact) mass is 253 g/mol. The first-order chi connectivity index (χ1) is 8.04. The molecule has 0 saturated carbocycles. The quantitative estimate of drug-likeness (QED) is 0.791. The Morgan fingerprint density at radius 3 is 2.71 bits per heavy atom. The lowest BCUT2D eigenvalue weighted by atomic mass is 10.2. The molecule has 0 aliphatic rings. The van der Waals surface area contributed by atoms with Crippen molar-refractivity contribution in [2.75, 3.05) is 17.7 Å². The molecule has 1 aromatic rings. The molecule has 0 aromatic heterocycles.